The zero-order chi connectivity index (χ0) is 15.4. The Bertz CT molecular complexity index is 778. The lowest BCUT2D eigenvalue weighted by Gasteiger charge is -2.11. The van der Waals surface area contributed by atoms with E-state index < -0.39 is 0 Å². The molecule has 0 bridgehead atoms. The number of rotatable bonds is 5. The lowest BCUT2D eigenvalue weighted by molar-refractivity contribution is 0.110. The van der Waals surface area contributed by atoms with Gasteiger partial charge in [0.25, 0.3) is 0 Å². The van der Waals surface area contributed by atoms with Crippen LogP contribution >= 0.6 is 22.6 Å². The van der Waals surface area contributed by atoms with Crippen LogP contribution in [0.2, 0.25) is 0 Å². The van der Waals surface area contributed by atoms with Crippen LogP contribution in [0.3, 0.4) is 0 Å². The van der Waals surface area contributed by atoms with Crippen molar-refractivity contribution in [3.8, 4) is 17.1 Å². The number of carbonyl (C=O) groups is 1. The molecular formula is C18H13IO3. The Morgan fingerprint density at radius 2 is 1.86 bits per heavy atom. The summed E-state index contributed by atoms with van der Waals surface area (Å²) in [6.45, 7) is 0.481. The van der Waals surface area contributed by atoms with Crippen molar-refractivity contribution >= 4 is 28.9 Å². The highest BCUT2D eigenvalue weighted by molar-refractivity contribution is 14.1. The van der Waals surface area contributed by atoms with Crippen molar-refractivity contribution < 1.29 is 13.9 Å². The van der Waals surface area contributed by atoms with Crippen LogP contribution in [0.1, 0.15) is 16.1 Å². The molecule has 0 saturated heterocycles. The number of benzene rings is 2. The second-order valence-electron chi connectivity index (χ2n) is 4.73. The molecule has 110 valence electrons. The summed E-state index contributed by atoms with van der Waals surface area (Å²) in [6, 6.07) is 19.3. The largest absolute Gasteiger partial charge is 0.488 e. The van der Waals surface area contributed by atoms with E-state index in [9.17, 15) is 4.79 Å². The normalized spacial score (nSPS) is 10.4. The van der Waals surface area contributed by atoms with Gasteiger partial charge in [-0.2, -0.15) is 0 Å². The van der Waals surface area contributed by atoms with E-state index in [2.05, 4.69) is 22.6 Å². The first kappa shape index (κ1) is 14.8. The van der Waals surface area contributed by atoms with E-state index in [0.717, 1.165) is 20.4 Å². The van der Waals surface area contributed by atoms with Gasteiger partial charge in [0.1, 0.15) is 18.1 Å². The molecule has 0 amide bonds. The smallest absolute Gasteiger partial charge is 0.185 e. The predicted molar refractivity (Wildman–Crippen MR) is 93.0 cm³/mol. The van der Waals surface area contributed by atoms with Gasteiger partial charge >= 0.3 is 0 Å². The summed E-state index contributed by atoms with van der Waals surface area (Å²) < 4.78 is 12.5. The highest BCUT2D eigenvalue weighted by atomic mass is 127. The van der Waals surface area contributed by atoms with Crippen LogP contribution in [0.4, 0.5) is 0 Å². The number of carbonyl (C=O) groups excluding carboxylic acids is 1. The van der Waals surface area contributed by atoms with Crippen LogP contribution in [0.25, 0.3) is 11.3 Å². The molecule has 0 spiro atoms. The molecule has 2 aromatic carbocycles. The van der Waals surface area contributed by atoms with Gasteiger partial charge in [-0.05, 0) is 58.5 Å². The van der Waals surface area contributed by atoms with Crippen LogP contribution in [-0.2, 0) is 6.61 Å². The van der Waals surface area contributed by atoms with Gasteiger partial charge in [0, 0.05) is 3.57 Å². The maximum Gasteiger partial charge on any atom is 0.185 e. The zero-order valence-electron chi connectivity index (χ0n) is 11.7. The van der Waals surface area contributed by atoms with Crippen molar-refractivity contribution in [2.24, 2.45) is 0 Å². The number of ether oxygens (including phenoxy) is 1. The maximum atomic E-state index is 10.8. The number of halogens is 1. The average molecular weight is 404 g/mol. The highest BCUT2D eigenvalue weighted by Gasteiger charge is 2.11. The van der Waals surface area contributed by atoms with Gasteiger partial charge in [-0.25, -0.2) is 0 Å². The highest BCUT2D eigenvalue weighted by Crippen LogP contribution is 2.33. The van der Waals surface area contributed by atoms with Crippen molar-refractivity contribution in [1.29, 1.82) is 0 Å². The molecule has 3 nitrogen and oxygen atoms in total. The summed E-state index contributed by atoms with van der Waals surface area (Å²) in [5.41, 5.74) is 1.93. The molecule has 3 rings (SSSR count). The second kappa shape index (κ2) is 6.79. The number of aldehydes is 1. The van der Waals surface area contributed by atoms with Crippen LogP contribution in [0.5, 0.6) is 5.75 Å². The van der Waals surface area contributed by atoms with Crippen molar-refractivity contribution in [3.63, 3.8) is 0 Å². The van der Waals surface area contributed by atoms with E-state index in [1.165, 1.54) is 0 Å². The van der Waals surface area contributed by atoms with Gasteiger partial charge in [-0.15, -0.1) is 0 Å². The standard InChI is InChI=1S/C18H13IO3/c19-14-6-8-16(17-9-7-15(11-20)22-17)18(10-14)21-12-13-4-2-1-3-5-13/h1-11H,12H2. The van der Waals surface area contributed by atoms with Gasteiger partial charge < -0.3 is 9.15 Å². The van der Waals surface area contributed by atoms with Crippen molar-refractivity contribution in [1.82, 2.24) is 0 Å². The van der Waals surface area contributed by atoms with Crippen LogP contribution < -0.4 is 4.74 Å². The van der Waals surface area contributed by atoms with Crippen LogP contribution in [-0.4, -0.2) is 6.29 Å². The van der Waals surface area contributed by atoms with E-state index >= 15 is 0 Å². The SMILES string of the molecule is O=Cc1ccc(-c2ccc(I)cc2OCc2ccccc2)o1. The number of furan rings is 1. The quantitative estimate of drug-likeness (QED) is 0.447. The fraction of sp³-hybridized carbons (Fsp3) is 0.0556. The molecule has 0 aliphatic rings. The van der Waals surface area contributed by atoms with Crippen molar-refractivity contribution in [2.45, 2.75) is 6.61 Å². The molecule has 0 atom stereocenters. The molecule has 0 aliphatic heterocycles. The molecule has 1 heterocycles. The minimum atomic E-state index is 0.308. The van der Waals surface area contributed by atoms with Gasteiger partial charge in [-0.1, -0.05) is 30.3 Å². The lowest BCUT2D eigenvalue weighted by Crippen LogP contribution is -1.97. The fourth-order valence-electron chi connectivity index (χ4n) is 2.12. The Labute approximate surface area is 142 Å². The molecule has 1 aromatic heterocycles. The molecule has 0 unspecified atom stereocenters. The summed E-state index contributed by atoms with van der Waals surface area (Å²) in [6.07, 6.45) is 0.695. The molecule has 0 aliphatic carbocycles. The summed E-state index contributed by atoms with van der Waals surface area (Å²) in [4.78, 5) is 10.8. The van der Waals surface area contributed by atoms with Crippen molar-refractivity contribution in [3.05, 3.63) is 75.6 Å². The Morgan fingerprint density at radius 3 is 2.59 bits per heavy atom. The molecule has 0 saturated carbocycles. The zero-order valence-corrected chi connectivity index (χ0v) is 13.8. The summed E-state index contributed by atoms with van der Waals surface area (Å²) >= 11 is 2.24. The van der Waals surface area contributed by atoms with E-state index in [4.69, 9.17) is 9.15 Å². The third-order valence-electron chi connectivity index (χ3n) is 3.19. The Balaban J connectivity index is 1.89. The first-order valence-corrected chi connectivity index (χ1v) is 7.86. The Morgan fingerprint density at radius 1 is 1.05 bits per heavy atom. The number of hydrogen-bond acceptors (Lipinski definition) is 3. The third-order valence-corrected chi connectivity index (χ3v) is 3.86. The van der Waals surface area contributed by atoms with Gasteiger partial charge in [0.2, 0.25) is 0 Å². The first-order valence-electron chi connectivity index (χ1n) is 6.78. The van der Waals surface area contributed by atoms with Crippen molar-refractivity contribution in [2.75, 3.05) is 0 Å². The first-order chi connectivity index (χ1) is 10.8. The Kier molecular flexibility index (Phi) is 4.58. The summed E-state index contributed by atoms with van der Waals surface area (Å²) in [5, 5.41) is 0. The lowest BCUT2D eigenvalue weighted by atomic mass is 10.1. The average Bonchev–Trinajstić information content (AvgIpc) is 3.03. The molecule has 3 aromatic rings. The van der Waals surface area contributed by atoms with E-state index in [0.29, 0.717) is 24.4 Å². The Hall–Kier alpha value is -2.08. The maximum absolute atomic E-state index is 10.8. The summed E-state index contributed by atoms with van der Waals surface area (Å²) in [7, 11) is 0. The topological polar surface area (TPSA) is 39.4 Å². The minimum absolute atomic E-state index is 0.308. The monoisotopic (exact) mass is 404 g/mol. The van der Waals surface area contributed by atoms with E-state index in [1.807, 2.05) is 48.5 Å². The predicted octanol–water partition coefficient (Wildman–Crippen LogP) is 4.94. The molecule has 0 fully saturated rings. The molecule has 0 radical (unpaired) electrons. The van der Waals surface area contributed by atoms with Crippen LogP contribution in [0.15, 0.2) is 65.1 Å². The molecule has 22 heavy (non-hydrogen) atoms. The fourth-order valence-corrected chi connectivity index (χ4v) is 2.58. The minimum Gasteiger partial charge on any atom is -0.488 e. The molecule has 4 heteroatoms. The summed E-state index contributed by atoms with van der Waals surface area (Å²) in [5.74, 6) is 1.67. The van der Waals surface area contributed by atoms with Crippen LogP contribution in [0, 0.1) is 3.57 Å². The molecule has 0 N–H and O–H groups in total. The van der Waals surface area contributed by atoms with E-state index in [-0.39, 0.29) is 0 Å². The van der Waals surface area contributed by atoms with Gasteiger partial charge in [0.15, 0.2) is 12.0 Å². The van der Waals surface area contributed by atoms with E-state index in [1.54, 1.807) is 12.1 Å². The molecular weight excluding hydrogens is 391 g/mol. The van der Waals surface area contributed by atoms with Gasteiger partial charge in [0.05, 0.1) is 5.56 Å². The second-order valence-corrected chi connectivity index (χ2v) is 5.98. The van der Waals surface area contributed by atoms with Gasteiger partial charge in [-0.3, -0.25) is 4.79 Å². The third kappa shape index (κ3) is 3.39. The number of hydrogen-bond donors (Lipinski definition) is 0.